The summed E-state index contributed by atoms with van der Waals surface area (Å²) in [5.41, 5.74) is 1.16. The van der Waals surface area contributed by atoms with E-state index >= 15 is 0 Å². The second-order valence-corrected chi connectivity index (χ2v) is 3.91. The molecule has 4 nitrogen and oxygen atoms in total. The fraction of sp³-hybridized carbons (Fsp3) is 0.636. The van der Waals surface area contributed by atoms with Gasteiger partial charge < -0.3 is 4.74 Å². The highest BCUT2D eigenvalue weighted by Gasteiger charge is 2.10. The molecule has 1 fully saturated rings. The van der Waals surface area contributed by atoms with Gasteiger partial charge in [-0.1, -0.05) is 6.42 Å². The minimum Gasteiger partial charge on any atom is -0.467 e. The standard InChI is InChI=1S/C11H17N3O/c1-15-11-12-7-10(8-13-11)9-14-5-3-2-4-6-14/h7-8H,2-6,9H2,1H3. The van der Waals surface area contributed by atoms with Gasteiger partial charge in [0.15, 0.2) is 0 Å². The van der Waals surface area contributed by atoms with Gasteiger partial charge in [0.05, 0.1) is 7.11 Å². The topological polar surface area (TPSA) is 38.2 Å². The molecule has 15 heavy (non-hydrogen) atoms. The van der Waals surface area contributed by atoms with Crippen LogP contribution in [0.1, 0.15) is 24.8 Å². The van der Waals surface area contributed by atoms with E-state index in [-0.39, 0.29) is 0 Å². The molecule has 0 amide bonds. The molecular formula is C11H17N3O. The van der Waals surface area contributed by atoms with Crippen molar-refractivity contribution in [2.75, 3.05) is 20.2 Å². The van der Waals surface area contributed by atoms with Crippen LogP contribution < -0.4 is 4.74 Å². The Hall–Kier alpha value is -1.16. The summed E-state index contributed by atoms with van der Waals surface area (Å²) in [4.78, 5) is 10.7. The monoisotopic (exact) mass is 207 g/mol. The lowest BCUT2D eigenvalue weighted by atomic mass is 10.1. The molecule has 2 heterocycles. The zero-order valence-electron chi connectivity index (χ0n) is 9.15. The highest BCUT2D eigenvalue weighted by molar-refractivity contribution is 5.07. The van der Waals surface area contributed by atoms with E-state index in [2.05, 4.69) is 14.9 Å². The zero-order chi connectivity index (χ0) is 10.5. The number of hydrogen-bond acceptors (Lipinski definition) is 4. The Kier molecular flexibility index (Phi) is 3.50. The van der Waals surface area contributed by atoms with Gasteiger partial charge in [0.25, 0.3) is 0 Å². The molecular weight excluding hydrogens is 190 g/mol. The van der Waals surface area contributed by atoms with Gasteiger partial charge in [-0.2, -0.15) is 0 Å². The lowest BCUT2D eigenvalue weighted by Crippen LogP contribution is -2.29. The summed E-state index contributed by atoms with van der Waals surface area (Å²) in [6, 6.07) is 0.442. The molecule has 1 saturated heterocycles. The molecule has 0 radical (unpaired) electrons. The van der Waals surface area contributed by atoms with Crippen molar-refractivity contribution in [3.05, 3.63) is 18.0 Å². The molecule has 4 heteroatoms. The van der Waals surface area contributed by atoms with Crippen LogP contribution in [0.4, 0.5) is 0 Å². The molecule has 1 aliphatic rings. The van der Waals surface area contributed by atoms with Crippen LogP contribution in [0, 0.1) is 0 Å². The van der Waals surface area contributed by atoms with Crippen molar-refractivity contribution in [2.45, 2.75) is 25.8 Å². The van der Waals surface area contributed by atoms with Crippen LogP contribution in [0.2, 0.25) is 0 Å². The number of aromatic nitrogens is 2. The number of methoxy groups -OCH3 is 1. The van der Waals surface area contributed by atoms with Gasteiger partial charge >= 0.3 is 6.01 Å². The first kappa shape index (κ1) is 10.4. The van der Waals surface area contributed by atoms with Crippen molar-refractivity contribution in [2.24, 2.45) is 0 Å². The van der Waals surface area contributed by atoms with E-state index in [1.54, 1.807) is 7.11 Å². The molecule has 2 rings (SSSR count). The predicted octanol–water partition coefficient (Wildman–Crippen LogP) is 1.47. The maximum absolute atomic E-state index is 4.92. The van der Waals surface area contributed by atoms with E-state index in [9.17, 15) is 0 Å². The van der Waals surface area contributed by atoms with Crippen molar-refractivity contribution < 1.29 is 4.74 Å². The van der Waals surface area contributed by atoms with E-state index in [0.717, 1.165) is 12.1 Å². The van der Waals surface area contributed by atoms with Crippen molar-refractivity contribution in [3.8, 4) is 6.01 Å². The molecule has 0 N–H and O–H groups in total. The van der Waals surface area contributed by atoms with Gasteiger partial charge in [-0.25, -0.2) is 9.97 Å². The second-order valence-electron chi connectivity index (χ2n) is 3.91. The minimum atomic E-state index is 0.442. The molecule has 0 atom stereocenters. The lowest BCUT2D eigenvalue weighted by molar-refractivity contribution is 0.220. The van der Waals surface area contributed by atoms with Gasteiger partial charge in [0.1, 0.15) is 0 Å². The van der Waals surface area contributed by atoms with Crippen LogP contribution in [0.5, 0.6) is 6.01 Å². The highest BCUT2D eigenvalue weighted by atomic mass is 16.5. The Bertz CT molecular complexity index is 293. The number of piperidine rings is 1. The Balaban J connectivity index is 1.91. The van der Waals surface area contributed by atoms with Crippen LogP contribution >= 0.6 is 0 Å². The summed E-state index contributed by atoms with van der Waals surface area (Å²) >= 11 is 0. The SMILES string of the molecule is COc1ncc(CN2CCCCC2)cn1. The van der Waals surface area contributed by atoms with E-state index in [1.807, 2.05) is 12.4 Å². The van der Waals surface area contributed by atoms with Gasteiger partial charge in [-0.15, -0.1) is 0 Å². The smallest absolute Gasteiger partial charge is 0.316 e. The Morgan fingerprint density at radius 1 is 1.20 bits per heavy atom. The molecule has 0 aromatic carbocycles. The summed E-state index contributed by atoms with van der Waals surface area (Å²) in [6.07, 6.45) is 7.70. The van der Waals surface area contributed by atoms with Crippen molar-refractivity contribution in [1.29, 1.82) is 0 Å². The predicted molar refractivity (Wildman–Crippen MR) is 57.7 cm³/mol. The summed E-state index contributed by atoms with van der Waals surface area (Å²) < 4.78 is 4.92. The van der Waals surface area contributed by atoms with Gasteiger partial charge in [0, 0.05) is 24.5 Å². The van der Waals surface area contributed by atoms with Crippen molar-refractivity contribution in [3.63, 3.8) is 0 Å². The third-order valence-corrected chi connectivity index (χ3v) is 2.72. The molecule has 0 saturated carbocycles. The zero-order valence-corrected chi connectivity index (χ0v) is 9.15. The third-order valence-electron chi connectivity index (χ3n) is 2.72. The molecule has 0 aliphatic carbocycles. The molecule has 1 aromatic heterocycles. The number of ether oxygens (including phenoxy) is 1. The van der Waals surface area contributed by atoms with Crippen LogP contribution in [0.3, 0.4) is 0 Å². The Morgan fingerprint density at radius 2 is 1.87 bits per heavy atom. The molecule has 82 valence electrons. The molecule has 0 unspecified atom stereocenters. The lowest BCUT2D eigenvalue weighted by Gasteiger charge is -2.26. The third kappa shape index (κ3) is 2.89. The fourth-order valence-electron chi connectivity index (χ4n) is 1.91. The summed E-state index contributed by atoms with van der Waals surface area (Å²) in [5.74, 6) is 0. The van der Waals surface area contributed by atoms with E-state index in [1.165, 1.54) is 32.4 Å². The first-order valence-corrected chi connectivity index (χ1v) is 5.46. The molecule has 0 spiro atoms. The summed E-state index contributed by atoms with van der Waals surface area (Å²) in [6.45, 7) is 3.36. The fourth-order valence-corrected chi connectivity index (χ4v) is 1.91. The first-order valence-electron chi connectivity index (χ1n) is 5.46. The van der Waals surface area contributed by atoms with Crippen molar-refractivity contribution in [1.82, 2.24) is 14.9 Å². The van der Waals surface area contributed by atoms with E-state index in [4.69, 9.17) is 4.74 Å². The van der Waals surface area contributed by atoms with E-state index < -0.39 is 0 Å². The Labute approximate surface area is 90.3 Å². The van der Waals surface area contributed by atoms with Crippen LogP contribution in [0.15, 0.2) is 12.4 Å². The van der Waals surface area contributed by atoms with Gasteiger partial charge in [-0.3, -0.25) is 4.90 Å². The number of likely N-dealkylation sites (tertiary alicyclic amines) is 1. The quantitative estimate of drug-likeness (QED) is 0.752. The first-order chi connectivity index (χ1) is 7.38. The summed E-state index contributed by atoms with van der Waals surface area (Å²) in [5, 5.41) is 0. The molecule has 1 aromatic rings. The average molecular weight is 207 g/mol. The Morgan fingerprint density at radius 3 is 2.47 bits per heavy atom. The maximum atomic E-state index is 4.92. The van der Waals surface area contributed by atoms with Crippen LogP contribution in [-0.2, 0) is 6.54 Å². The molecule has 1 aliphatic heterocycles. The van der Waals surface area contributed by atoms with Crippen LogP contribution in [-0.4, -0.2) is 35.1 Å². The van der Waals surface area contributed by atoms with Crippen LogP contribution in [0.25, 0.3) is 0 Å². The normalized spacial score (nSPS) is 17.7. The van der Waals surface area contributed by atoms with Gasteiger partial charge in [-0.05, 0) is 25.9 Å². The van der Waals surface area contributed by atoms with E-state index in [0.29, 0.717) is 6.01 Å². The highest BCUT2D eigenvalue weighted by Crippen LogP contribution is 2.12. The number of hydrogen-bond donors (Lipinski definition) is 0. The van der Waals surface area contributed by atoms with Crippen molar-refractivity contribution >= 4 is 0 Å². The summed E-state index contributed by atoms with van der Waals surface area (Å²) in [7, 11) is 1.58. The largest absolute Gasteiger partial charge is 0.467 e. The molecule has 0 bridgehead atoms. The minimum absolute atomic E-state index is 0.442. The number of nitrogens with zero attached hydrogens (tertiary/aromatic N) is 3. The second kappa shape index (κ2) is 5.07. The number of rotatable bonds is 3. The maximum Gasteiger partial charge on any atom is 0.316 e. The average Bonchev–Trinajstić information content (AvgIpc) is 2.31. The van der Waals surface area contributed by atoms with Gasteiger partial charge in [0.2, 0.25) is 0 Å².